The molecule has 0 saturated heterocycles. The third-order valence-corrected chi connectivity index (χ3v) is 6.31. The first-order valence-corrected chi connectivity index (χ1v) is 11.1. The van der Waals surface area contributed by atoms with E-state index in [0.29, 0.717) is 0 Å². The minimum absolute atomic E-state index is 0.00649. The van der Waals surface area contributed by atoms with Crippen molar-refractivity contribution in [3.05, 3.63) is 11.6 Å². The van der Waals surface area contributed by atoms with Gasteiger partial charge in [-0.1, -0.05) is 20.8 Å². The van der Waals surface area contributed by atoms with Crippen molar-refractivity contribution >= 4 is 19.3 Å². The minimum Gasteiger partial charge on any atom is -0.480 e. The summed E-state index contributed by atoms with van der Waals surface area (Å²) in [7, 11) is -3.22. The summed E-state index contributed by atoms with van der Waals surface area (Å²) in [4.78, 5) is 23.1. The normalized spacial score (nSPS) is 27.3. The average molecular weight is 390 g/mol. The van der Waals surface area contributed by atoms with Crippen molar-refractivity contribution in [2.24, 2.45) is 11.8 Å². The molecule has 1 unspecified atom stereocenters. The first kappa shape index (κ1) is 22.7. The van der Waals surface area contributed by atoms with Gasteiger partial charge in [-0.15, -0.1) is 0 Å². The van der Waals surface area contributed by atoms with Crippen molar-refractivity contribution in [2.45, 2.75) is 66.3 Å². The molecular weight excluding hydrogens is 359 g/mol. The topological polar surface area (TPSA) is 88.1 Å². The molecule has 1 heterocycles. The highest BCUT2D eigenvalue weighted by molar-refractivity contribution is 7.62. The Morgan fingerprint density at radius 1 is 1.27 bits per heavy atom. The van der Waals surface area contributed by atoms with E-state index in [4.69, 9.17) is 18.7 Å². The number of carbonyl (C=O) groups is 2. The Labute approximate surface area is 155 Å². The monoisotopic (exact) mass is 390 g/mol. The summed E-state index contributed by atoms with van der Waals surface area (Å²) < 4.78 is 35.2. The van der Waals surface area contributed by atoms with Crippen LogP contribution in [0.1, 0.15) is 48.0 Å². The number of ether oxygens (including phenoxy) is 3. The second kappa shape index (κ2) is 9.56. The summed E-state index contributed by atoms with van der Waals surface area (Å²) in [6.45, 7) is 11.9. The lowest BCUT2D eigenvalue weighted by molar-refractivity contribution is -0.169. The molecule has 0 aromatic rings. The van der Waals surface area contributed by atoms with E-state index in [-0.39, 0.29) is 23.9 Å². The lowest BCUT2D eigenvalue weighted by Gasteiger charge is -2.41. The van der Waals surface area contributed by atoms with Crippen LogP contribution >= 0.6 is 7.37 Å². The van der Waals surface area contributed by atoms with Crippen molar-refractivity contribution in [3.63, 3.8) is 0 Å². The summed E-state index contributed by atoms with van der Waals surface area (Å²) in [5.74, 6) is -1.15. The fourth-order valence-electron chi connectivity index (χ4n) is 2.94. The number of carbonyl (C=O) groups excluding carboxylic acids is 2. The van der Waals surface area contributed by atoms with Gasteiger partial charge in [-0.3, -0.25) is 14.2 Å². The number of esters is 2. The van der Waals surface area contributed by atoms with E-state index in [1.807, 2.05) is 20.8 Å². The summed E-state index contributed by atoms with van der Waals surface area (Å²) in [6, 6.07) is 0. The van der Waals surface area contributed by atoms with Crippen molar-refractivity contribution in [1.82, 2.24) is 0 Å². The second-order valence-electron chi connectivity index (χ2n) is 6.74. The molecule has 0 aromatic carbocycles. The maximum Gasteiger partial charge on any atom is 0.303 e. The molecule has 26 heavy (non-hydrogen) atoms. The van der Waals surface area contributed by atoms with E-state index in [0.717, 1.165) is 6.42 Å². The molecular formula is C18H31O7P. The van der Waals surface area contributed by atoms with Crippen LogP contribution in [-0.2, 0) is 32.9 Å². The van der Waals surface area contributed by atoms with Gasteiger partial charge in [0, 0.05) is 32.5 Å². The van der Waals surface area contributed by atoms with Crippen LogP contribution in [0.25, 0.3) is 0 Å². The Balaban J connectivity index is 3.29. The molecule has 0 N–H and O–H groups in total. The van der Waals surface area contributed by atoms with Gasteiger partial charge in [0.2, 0.25) is 0 Å². The van der Waals surface area contributed by atoms with E-state index < -0.39 is 37.6 Å². The maximum atomic E-state index is 12.9. The molecule has 0 aromatic heterocycles. The summed E-state index contributed by atoms with van der Waals surface area (Å²) in [6.07, 6.45) is 0.497. The van der Waals surface area contributed by atoms with Crippen LogP contribution in [0.5, 0.6) is 0 Å². The van der Waals surface area contributed by atoms with E-state index in [9.17, 15) is 14.2 Å². The fraction of sp³-hybridized carbons (Fsp3) is 0.778. The summed E-state index contributed by atoms with van der Waals surface area (Å²) in [5, 5.41) is 0. The van der Waals surface area contributed by atoms with Gasteiger partial charge >= 0.3 is 11.9 Å². The fourth-order valence-corrected chi connectivity index (χ4v) is 4.29. The Morgan fingerprint density at radius 2 is 1.88 bits per heavy atom. The van der Waals surface area contributed by atoms with Crippen LogP contribution < -0.4 is 0 Å². The molecule has 1 aliphatic heterocycles. The average Bonchev–Trinajstić information content (AvgIpc) is 2.53. The smallest absolute Gasteiger partial charge is 0.303 e. The van der Waals surface area contributed by atoms with E-state index in [1.165, 1.54) is 20.5 Å². The first-order chi connectivity index (χ1) is 12.0. The molecule has 0 amide bonds. The molecule has 0 bridgehead atoms. The maximum absolute atomic E-state index is 12.9. The molecule has 8 heteroatoms. The zero-order valence-electron chi connectivity index (χ0n) is 16.7. The van der Waals surface area contributed by atoms with Crippen LogP contribution in [0.4, 0.5) is 0 Å². The predicted molar refractivity (Wildman–Crippen MR) is 97.8 cm³/mol. The zero-order valence-corrected chi connectivity index (χ0v) is 17.6. The third-order valence-electron chi connectivity index (χ3n) is 4.51. The zero-order chi connectivity index (χ0) is 20.1. The van der Waals surface area contributed by atoms with Gasteiger partial charge in [0.1, 0.15) is 18.3 Å². The summed E-state index contributed by atoms with van der Waals surface area (Å²) in [5.41, 5.74) is 0.147. The van der Waals surface area contributed by atoms with Crippen molar-refractivity contribution in [3.8, 4) is 0 Å². The summed E-state index contributed by atoms with van der Waals surface area (Å²) >= 11 is 0. The first-order valence-electron chi connectivity index (χ1n) is 8.98. The molecule has 0 fully saturated rings. The highest BCUT2D eigenvalue weighted by Gasteiger charge is 2.45. The molecule has 6 atom stereocenters. The van der Waals surface area contributed by atoms with Gasteiger partial charge in [0.05, 0.1) is 6.61 Å². The quantitative estimate of drug-likeness (QED) is 0.461. The number of hydrogen-bond donors (Lipinski definition) is 0. The molecule has 7 nitrogen and oxygen atoms in total. The molecule has 150 valence electrons. The van der Waals surface area contributed by atoms with Crippen molar-refractivity contribution in [2.75, 3.05) is 13.3 Å². The van der Waals surface area contributed by atoms with Gasteiger partial charge in [-0.05, 0) is 19.3 Å². The molecule has 0 saturated carbocycles. The number of rotatable bonds is 8. The predicted octanol–water partition coefficient (Wildman–Crippen LogP) is 3.72. The Kier molecular flexibility index (Phi) is 8.35. The van der Waals surface area contributed by atoms with Crippen LogP contribution in [0, 0.1) is 11.8 Å². The number of hydrogen-bond acceptors (Lipinski definition) is 7. The van der Waals surface area contributed by atoms with Crippen molar-refractivity contribution in [1.29, 1.82) is 0 Å². The highest BCUT2D eigenvalue weighted by Crippen LogP contribution is 2.54. The van der Waals surface area contributed by atoms with Gasteiger partial charge in [0.15, 0.2) is 5.50 Å². The Hall–Kier alpha value is -1.33. The van der Waals surface area contributed by atoms with Crippen LogP contribution in [0.2, 0.25) is 0 Å². The van der Waals surface area contributed by atoms with Crippen LogP contribution in [-0.4, -0.2) is 43.5 Å². The Morgan fingerprint density at radius 3 is 2.35 bits per heavy atom. The largest absolute Gasteiger partial charge is 0.480 e. The minimum atomic E-state index is -3.22. The highest BCUT2D eigenvalue weighted by atomic mass is 31.2. The second-order valence-corrected chi connectivity index (χ2v) is 9.13. The van der Waals surface area contributed by atoms with Gasteiger partial charge in [0.25, 0.3) is 7.37 Å². The van der Waals surface area contributed by atoms with Gasteiger partial charge in [-0.25, -0.2) is 0 Å². The van der Waals surface area contributed by atoms with Gasteiger partial charge in [-0.2, -0.15) is 0 Å². The van der Waals surface area contributed by atoms with Crippen LogP contribution in [0.3, 0.4) is 0 Å². The molecule has 0 radical (unpaired) electrons. The third kappa shape index (κ3) is 5.85. The van der Waals surface area contributed by atoms with Crippen molar-refractivity contribution < 1.29 is 32.9 Å². The lowest BCUT2D eigenvalue weighted by Crippen LogP contribution is -2.48. The molecule has 0 aliphatic carbocycles. The molecule has 0 spiro atoms. The van der Waals surface area contributed by atoms with Crippen LogP contribution in [0.15, 0.2) is 11.6 Å². The van der Waals surface area contributed by atoms with E-state index in [2.05, 4.69) is 0 Å². The van der Waals surface area contributed by atoms with E-state index in [1.54, 1.807) is 13.0 Å². The Bertz CT molecular complexity index is 586. The molecule has 1 aliphatic rings. The lowest BCUT2D eigenvalue weighted by atomic mass is 9.86. The standard InChI is InChI=1S/C18H31O7P/c1-8-11(3)17(24-14(6)20)18-12(4)15(23-13(5)19)10-16(25-18)26(7,21)22-9-2/h10-12,15,17-18H,8-9H2,1-7H3/t11-,12-,15+,17-,18-,26?/m1/s1. The van der Waals surface area contributed by atoms with Gasteiger partial charge < -0.3 is 18.7 Å². The van der Waals surface area contributed by atoms with E-state index >= 15 is 0 Å². The SMILES string of the molecule is CCOP(C)(=O)C1=C[C@H](OC(C)=O)[C@@H](C)[C@H]([C@H](OC(C)=O)[C@H](C)CC)O1. The molecule has 1 rings (SSSR count).